The van der Waals surface area contributed by atoms with E-state index >= 15 is 0 Å². The maximum absolute atomic E-state index is 5.17. The van der Waals surface area contributed by atoms with Gasteiger partial charge < -0.3 is 5.32 Å². The molecule has 0 heterocycles. The SMILES string of the molecule is CCCC/C(C)=N/NC(=S)NCCc1ccccc1. The van der Waals surface area contributed by atoms with Gasteiger partial charge >= 0.3 is 0 Å². The van der Waals surface area contributed by atoms with Crippen LogP contribution in [-0.4, -0.2) is 17.4 Å². The highest BCUT2D eigenvalue weighted by Gasteiger charge is 1.96. The molecule has 3 nitrogen and oxygen atoms in total. The lowest BCUT2D eigenvalue weighted by atomic mass is 10.1. The van der Waals surface area contributed by atoms with Crippen LogP contribution in [-0.2, 0) is 6.42 Å². The first-order valence-corrected chi connectivity index (χ1v) is 7.24. The first-order valence-electron chi connectivity index (χ1n) is 6.83. The molecule has 0 radical (unpaired) electrons. The molecule has 4 heteroatoms. The Morgan fingerprint density at radius 3 is 2.68 bits per heavy atom. The highest BCUT2D eigenvalue weighted by atomic mass is 32.1. The van der Waals surface area contributed by atoms with Crippen LogP contribution < -0.4 is 10.7 Å². The minimum atomic E-state index is 0.590. The van der Waals surface area contributed by atoms with Crippen LogP contribution in [0.3, 0.4) is 0 Å². The van der Waals surface area contributed by atoms with Gasteiger partial charge in [0.1, 0.15) is 0 Å². The number of unbranched alkanes of at least 4 members (excludes halogenated alkanes) is 1. The molecule has 0 fully saturated rings. The van der Waals surface area contributed by atoms with Gasteiger partial charge in [0, 0.05) is 12.3 Å². The number of benzene rings is 1. The highest BCUT2D eigenvalue weighted by Crippen LogP contribution is 1.98. The number of nitrogens with zero attached hydrogens (tertiary/aromatic N) is 1. The molecule has 0 aliphatic carbocycles. The zero-order valence-corrected chi connectivity index (χ0v) is 12.6. The van der Waals surface area contributed by atoms with Gasteiger partial charge in [0.05, 0.1) is 0 Å². The lowest BCUT2D eigenvalue weighted by Crippen LogP contribution is -2.33. The summed E-state index contributed by atoms with van der Waals surface area (Å²) in [5.41, 5.74) is 5.28. The average Bonchev–Trinajstić information content (AvgIpc) is 2.44. The standard InChI is InChI=1S/C15H23N3S/c1-3-4-8-13(2)17-18-15(19)16-12-11-14-9-6-5-7-10-14/h5-7,9-10H,3-4,8,11-12H2,1-2H3,(H2,16,18,19)/b17-13+. The van der Waals surface area contributed by atoms with Crippen molar-refractivity contribution in [3.05, 3.63) is 35.9 Å². The third-order valence-corrected chi connectivity index (χ3v) is 3.02. The summed E-state index contributed by atoms with van der Waals surface area (Å²) < 4.78 is 0. The van der Waals surface area contributed by atoms with Crippen LogP contribution in [0, 0.1) is 0 Å². The number of nitrogens with one attached hydrogen (secondary N) is 2. The second kappa shape index (κ2) is 9.50. The molecule has 2 N–H and O–H groups in total. The Labute approximate surface area is 121 Å². The molecule has 1 aromatic rings. The molecule has 0 unspecified atom stereocenters. The van der Waals surface area contributed by atoms with E-state index in [0.717, 1.165) is 25.1 Å². The Hall–Kier alpha value is -1.42. The number of hydrazone groups is 1. The van der Waals surface area contributed by atoms with Crippen LogP contribution in [0.15, 0.2) is 35.4 Å². The first kappa shape index (κ1) is 15.6. The molecule has 0 bridgehead atoms. The number of hydrogen-bond donors (Lipinski definition) is 2. The predicted molar refractivity (Wildman–Crippen MR) is 86.5 cm³/mol. The van der Waals surface area contributed by atoms with Gasteiger partial charge in [0.25, 0.3) is 0 Å². The lowest BCUT2D eigenvalue weighted by Gasteiger charge is -2.08. The van der Waals surface area contributed by atoms with E-state index in [0.29, 0.717) is 5.11 Å². The van der Waals surface area contributed by atoms with Gasteiger partial charge in [0.2, 0.25) is 0 Å². The van der Waals surface area contributed by atoms with E-state index in [4.69, 9.17) is 12.2 Å². The Balaban J connectivity index is 2.18. The summed E-state index contributed by atoms with van der Waals surface area (Å²) in [6.45, 7) is 5.02. The molecule has 0 saturated carbocycles. The van der Waals surface area contributed by atoms with Crippen molar-refractivity contribution in [2.45, 2.75) is 39.5 Å². The summed E-state index contributed by atoms with van der Waals surface area (Å²) in [5.74, 6) is 0. The van der Waals surface area contributed by atoms with Gasteiger partial charge in [-0.15, -0.1) is 0 Å². The monoisotopic (exact) mass is 277 g/mol. The fraction of sp³-hybridized carbons (Fsp3) is 0.467. The van der Waals surface area contributed by atoms with Crippen molar-refractivity contribution >= 4 is 23.0 Å². The summed E-state index contributed by atoms with van der Waals surface area (Å²) in [5, 5.41) is 8.00. The topological polar surface area (TPSA) is 36.4 Å². The normalized spacial score (nSPS) is 11.2. The molecule has 19 heavy (non-hydrogen) atoms. The van der Waals surface area contributed by atoms with Gasteiger partial charge in [-0.3, -0.25) is 5.43 Å². The molecule has 0 amide bonds. The van der Waals surface area contributed by atoms with Crippen LogP contribution in [0.2, 0.25) is 0 Å². The second-order valence-electron chi connectivity index (χ2n) is 4.55. The molecule has 1 aromatic carbocycles. The summed E-state index contributed by atoms with van der Waals surface area (Å²) >= 11 is 5.17. The van der Waals surface area contributed by atoms with E-state index < -0.39 is 0 Å². The third-order valence-electron chi connectivity index (χ3n) is 2.78. The lowest BCUT2D eigenvalue weighted by molar-refractivity contribution is 0.813. The van der Waals surface area contributed by atoms with E-state index in [9.17, 15) is 0 Å². The largest absolute Gasteiger partial charge is 0.361 e. The predicted octanol–water partition coefficient (Wildman–Crippen LogP) is 3.26. The Morgan fingerprint density at radius 2 is 2.00 bits per heavy atom. The molecule has 1 rings (SSSR count). The van der Waals surface area contributed by atoms with Gasteiger partial charge in [-0.25, -0.2) is 0 Å². The van der Waals surface area contributed by atoms with E-state index in [1.165, 1.54) is 18.4 Å². The molecular formula is C15H23N3S. The zero-order valence-electron chi connectivity index (χ0n) is 11.8. The molecule has 0 atom stereocenters. The van der Waals surface area contributed by atoms with Gasteiger partial charge in [-0.05, 0) is 44.0 Å². The third kappa shape index (κ3) is 7.57. The van der Waals surface area contributed by atoms with Crippen molar-refractivity contribution < 1.29 is 0 Å². The highest BCUT2D eigenvalue weighted by molar-refractivity contribution is 7.80. The minimum absolute atomic E-state index is 0.590. The fourth-order valence-corrected chi connectivity index (χ4v) is 1.79. The zero-order chi connectivity index (χ0) is 13.9. The first-order chi connectivity index (χ1) is 9.22. The van der Waals surface area contributed by atoms with Crippen molar-refractivity contribution in [2.24, 2.45) is 5.10 Å². The van der Waals surface area contributed by atoms with Crippen LogP contribution in [0.25, 0.3) is 0 Å². The summed E-state index contributed by atoms with van der Waals surface area (Å²) in [7, 11) is 0. The van der Waals surface area contributed by atoms with Gasteiger partial charge in [-0.1, -0.05) is 43.7 Å². The fourth-order valence-electron chi connectivity index (χ4n) is 1.64. The number of rotatable bonds is 7. The maximum atomic E-state index is 5.17. The van der Waals surface area contributed by atoms with Crippen molar-refractivity contribution in [1.29, 1.82) is 0 Å². The van der Waals surface area contributed by atoms with Crippen molar-refractivity contribution in [3.8, 4) is 0 Å². The summed E-state index contributed by atoms with van der Waals surface area (Å²) in [6.07, 6.45) is 4.34. The molecular weight excluding hydrogens is 254 g/mol. The smallest absolute Gasteiger partial charge is 0.186 e. The van der Waals surface area contributed by atoms with E-state index in [1.54, 1.807) is 0 Å². The average molecular weight is 277 g/mol. The molecule has 104 valence electrons. The number of hydrogen-bond acceptors (Lipinski definition) is 2. The van der Waals surface area contributed by atoms with Crippen LogP contribution in [0.4, 0.5) is 0 Å². The van der Waals surface area contributed by atoms with Gasteiger partial charge in [-0.2, -0.15) is 5.10 Å². The number of thiocarbonyl (C=S) groups is 1. The Morgan fingerprint density at radius 1 is 1.26 bits per heavy atom. The molecule has 0 spiro atoms. The Bertz CT molecular complexity index is 401. The van der Waals surface area contributed by atoms with E-state index in [-0.39, 0.29) is 0 Å². The van der Waals surface area contributed by atoms with E-state index in [1.807, 2.05) is 25.1 Å². The van der Waals surface area contributed by atoms with Crippen molar-refractivity contribution in [2.75, 3.05) is 6.54 Å². The molecule has 0 saturated heterocycles. The molecule has 0 aliphatic heterocycles. The summed E-state index contributed by atoms with van der Waals surface area (Å²) in [6, 6.07) is 10.4. The second-order valence-corrected chi connectivity index (χ2v) is 4.96. The molecule has 0 aliphatic rings. The van der Waals surface area contributed by atoms with Crippen LogP contribution in [0.5, 0.6) is 0 Å². The van der Waals surface area contributed by atoms with Crippen LogP contribution >= 0.6 is 12.2 Å². The Kier molecular flexibility index (Phi) is 7.82. The van der Waals surface area contributed by atoms with E-state index in [2.05, 4.69) is 34.9 Å². The van der Waals surface area contributed by atoms with Crippen molar-refractivity contribution in [1.82, 2.24) is 10.7 Å². The maximum Gasteiger partial charge on any atom is 0.186 e. The van der Waals surface area contributed by atoms with Crippen LogP contribution in [0.1, 0.15) is 38.7 Å². The quantitative estimate of drug-likeness (QED) is 0.456. The van der Waals surface area contributed by atoms with Crippen molar-refractivity contribution in [3.63, 3.8) is 0 Å². The summed E-state index contributed by atoms with van der Waals surface area (Å²) in [4.78, 5) is 0. The minimum Gasteiger partial charge on any atom is -0.361 e. The van der Waals surface area contributed by atoms with Gasteiger partial charge in [0.15, 0.2) is 5.11 Å². The molecule has 0 aromatic heterocycles.